The highest BCUT2D eigenvalue weighted by Gasteiger charge is 2.74. The lowest BCUT2D eigenvalue weighted by Crippen LogP contribution is -2.58. The minimum atomic E-state index is -0.727. The van der Waals surface area contributed by atoms with Gasteiger partial charge in [-0.25, -0.2) is 0 Å². The monoisotopic (exact) mass is 549 g/mol. The molecule has 0 aromatic rings. The SMILES string of the molecule is C=CCCCOC(=O)[C@@H]1[C@H]2C(=O)N([C@@H](CC)CO)C(C(=O)N(CC=C)CCN3CCOCC3)C23CC[C@H]1S3. The topological polar surface area (TPSA) is 99.6 Å². The minimum Gasteiger partial charge on any atom is -0.465 e. The summed E-state index contributed by atoms with van der Waals surface area (Å²) in [6, 6.07) is -1.21. The summed E-state index contributed by atoms with van der Waals surface area (Å²) in [6.07, 6.45) is 6.94. The highest BCUT2D eigenvalue weighted by Crippen LogP contribution is 2.67. The van der Waals surface area contributed by atoms with Gasteiger partial charge in [0.1, 0.15) is 6.04 Å². The van der Waals surface area contributed by atoms with Crippen LogP contribution >= 0.6 is 11.8 Å². The number of amides is 2. The van der Waals surface area contributed by atoms with Gasteiger partial charge in [0.15, 0.2) is 0 Å². The van der Waals surface area contributed by atoms with Crippen LogP contribution in [0, 0.1) is 11.8 Å². The van der Waals surface area contributed by atoms with Gasteiger partial charge in [-0.15, -0.1) is 24.9 Å². The molecule has 0 aliphatic carbocycles. The van der Waals surface area contributed by atoms with E-state index in [-0.39, 0.29) is 29.6 Å². The molecule has 4 saturated heterocycles. The highest BCUT2D eigenvalue weighted by atomic mass is 32.2. The van der Waals surface area contributed by atoms with E-state index < -0.39 is 28.7 Å². The molecular weight excluding hydrogens is 506 g/mol. The molecule has 4 aliphatic heterocycles. The van der Waals surface area contributed by atoms with Gasteiger partial charge in [0.25, 0.3) is 0 Å². The van der Waals surface area contributed by atoms with Crippen LogP contribution in [0.5, 0.6) is 0 Å². The number of aliphatic hydroxyl groups is 1. The van der Waals surface area contributed by atoms with Crippen molar-refractivity contribution in [3.8, 4) is 0 Å². The molecule has 6 atom stereocenters. The third-order valence-electron chi connectivity index (χ3n) is 8.57. The Bertz CT molecular complexity index is 892. The Hall–Kier alpha value is -1.88. The molecule has 212 valence electrons. The number of rotatable bonds is 14. The number of hydrogen-bond donors (Lipinski definition) is 1. The molecule has 2 unspecified atom stereocenters. The summed E-state index contributed by atoms with van der Waals surface area (Å²) in [5.74, 6) is -1.83. The summed E-state index contributed by atoms with van der Waals surface area (Å²) in [5, 5.41) is 10.2. The van der Waals surface area contributed by atoms with Crippen LogP contribution in [-0.2, 0) is 23.9 Å². The molecule has 2 bridgehead atoms. The fraction of sp³-hybridized carbons (Fsp3) is 0.750. The van der Waals surface area contributed by atoms with Gasteiger partial charge in [-0.2, -0.15) is 0 Å². The Morgan fingerprint density at radius 3 is 2.74 bits per heavy atom. The van der Waals surface area contributed by atoms with Crippen molar-refractivity contribution >= 4 is 29.5 Å². The number of likely N-dealkylation sites (tertiary alicyclic amines) is 1. The fourth-order valence-corrected chi connectivity index (χ4v) is 8.84. The average molecular weight is 550 g/mol. The number of fused-ring (bicyclic) bond motifs is 1. The normalized spacial score (nSPS) is 31.2. The summed E-state index contributed by atoms with van der Waals surface area (Å²) < 4.78 is 10.4. The first-order valence-corrected chi connectivity index (χ1v) is 14.9. The number of unbranched alkanes of at least 4 members (excludes halogenated alkanes) is 1. The van der Waals surface area contributed by atoms with E-state index >= 15 is 0 Å². The zero-order chi connectivity index (χ0) is 27.3. The van der Waals surface area contributed by atoms with Crippen molar-refractivity contribution in [2.75, 3.05) is 59.2 Å². The predicted octanol–water partition coefficient (Wildman–Crippen LogP) is 1.70. The van der Waals surface area contributed by atoms with Crippen molar-refractivity contribution in [1.29, 1.82) is 0 Å². The van der Waals surface area contributed by atoms with Crippen molar-refractivity contribution in [2.45, 2.75) is 61.1 Å². The van der Waals surface area contributed by atoms with Crippen LogP contribution in [0.4, 0.5) is 0 Å². The van der Waals surface area contributed by atoms with Crippen LogP contribution < -0.4 is 0 Å². The average Bonchev–Trinajstić information content (AvgIpc) is 3.58. The Labute approximate surface area is 230 Å². The van der Waals surface area contributed by atoms with Gasteiger partial charge in [-0.3, -0.25) is 19.3 Å². The maximum Gasteiger partial charge on any atom is 0.310 e. The number of allylic oxidation sites excluding steroid dienone is 1. The lowest BCUT2D eigenvalue weighted by Gasteiger charge is -2.40. The number of thioether (sulfide) groups is 1. The van der Waals surface area contributed by atoms with Crippen molar-refractivity contribution in [2.24, 2.45) is 11.8 Å². The second-order valence-corrected chi connectivity index (χ2v) is 12.3. The van der Waals surface area contributed by atoms with Gasteiger partial charge in [-0.05, 0) is 32.1 Å². The molecule has 4 fully saturated rings. The Kier molecular flexibility index (Phi) is 9.95. The van der Waals surface area contributed by atoms with Gasteiger partial charge in [0.05, 0.1) is 49.1 Å². The molecular formula is C28H43N3O6S. The molecule has 4 heterocycles. The standard InChI is InChI=1S/C28H43N3O6S/c1-4-7-8-16-37-27(35)22-21-9-10-28(38-21)23(22)25(33)31(20(6-3)19-32)24(28)26(34)30(11-5-2)13-12-29-14-17-36-18-15-29/h4-5,20-24,32H,1-2,6-19H2,3H3/t20-,21+,22-,23-,24?,28?/m0/s1. The second-order valence-electron chi connectivity index (χ2n) is 10.7. The predicted molar refractivity (Wildman–Crippen MR) is 147 cm³/mol. The number of nitrogens with zero attached hydrogens (tertiary/aromatic N) is 3. The van der Waals surface area contributed by atoms with E-state index in [1.165, 1.54) is 0 Å². The number of hydrogen-bond acceptors (Lipinski definition) is 8. The van der Waals surface area contributed by atoms with Crippen molar-refractivity contribution < 1.29 is 29.0 Å². The number of carbonyl (C=O) groups is 3. The van der Waals surface area contributed by atoms with E-state index in [0.717, 1.165) is 25.9 Å². The van der Waals surface area contributed by atoms with Crippen molar-refractivity contribution in [3.63, 3.8) is 0 Å². The first kappa shape index (κ1) is 29.1. The molecule has 0 saturated carbocycles. The largest absolute Gasteiger partial charge is 0.465 e. The van der Waals surface area contributed by atoms with Crippen LogP contribution in [-0.4, -0.2) is 119 Å². The minimum absolute atomic E-state index is 0.0382. The first-order chi connectivity index (χ1) is 18.4. The number of esters is 1. The third kappa shape index (κ3) is 5.42. The second kappa shape index (κ2) is 13.0. The van der Waals surface area contributed by atoms with E-state index in [4.69, 9.17) is 9.47 Å². The highest BCUT2D eigenvalue weighted by molar-refractivity contribution is 8.02. The Morgan fingerprint density at radius 2 is 2.08 bits per heavy atom. The maximum absolute atomic E-state index is 14.4. The Morgan fingerprint density at radius 1 is 1.32 bits per heavy atom. The summed E-state index contributed by atoms with van der Waals surface area (Å²) in [4.78, 5) is 47.4. The Balaban J connectivity index is 1.61. The van der Waals surface area contributed by atoms with Crippen LogP contribution in [0.1, 0.15) is 39.0 Å². The summed E-state index contributed by atoms with van der Waals surface area (Å²) >= 11 is 1.63. The van der Waals surface area contributed by atoms with Crippen LogP contribution in [0.15, 0.2) is 25.3 Å². The summed E-state index contributed by atoms with van der Waals surface area (Å²) in [5.41, 5.74) is 0. The molecule has 0 aromatic heterocycles. The van der Waals surface area contributed by atoms with Gasteiger partial charge in [0, 0.05) is 38.0 Å². The van der Waals surface area contributed by atoms with Crippen LogP contribution in [0.25, 0.3) is 0 Å². The maximum atomic E-state index is 14.4. The quantitative estimate of drug-likeness (QED) is 0.199. The fourth-order valence-electron chi connectivity index (χ4n) is 6.65. The van der Waals surface area contributed by atoms with E-state index in [9.17, 15) is 19.5 Å². The van der Waals surface area contributed by atoms with E-state index in [2.05, 4.69) is 18.1 Å². The number of ether oxygens (including phenoxy) is 2. The number of morpholine rings is 1. The summed E-state index contributed by atoms with van der Waals surface area (Å²) in [6.45, 7) is 14.2. The molecule has 0 aromatic carbocycles. The van der Waals surface area contributed by atoms with Gasteiger partial charge < -0.3 is 24.4 Å². The van der Waals surface area contributed by atoms with E-state index in [1.54, 1.807) is 33.7 Å². The van der Waals surface area contributed by atoms with Crippen molar-refractivity contribution in [3.05, 3.63) is 25.3 Å². The molecule has 4 rings (SSSR count). The van der Waals surface area contributed by atoms with Crippen molar-refractivity contribution in [1.82, 2.24) is 14.7 Å². The van der Waals surface area contributed by atoms with Gasteiger partial charge in [-0.1, -0.05) is 19.1 Å². The van der Waals surface area contributed by atoms with Crippen LogP contribution in [0.3, 0.4) is 0 Å². The summed E-state index contributed by atoms with van der Waals surface area (Å²) in [7, 11) is 0. The molecule has 9 nitrogen and oxygen atoms in total. The lowest BCUT2D eigenvalue weighted by atomic mass is 9.71. The number of aliphatic hydroxyl groups excluding tert-OH is 1. The molecule has 38 heavy (non-hydrogen) atoms. The number of carbonyl (C=O) groups excluding carboxylic acids is 3. The molecule has 4 aliphatic rings. The first-order valence-electron chi connectivity index (χ1n) is 14.0. The molecule has 1 spiro atoms. The zero-order valence-electron chi connectivity index (χ0n) is 22.6. The van der Waals surface area contributed by atoms with E-state index in [0.29, 0.717) is 58.7 Å². The van der Waals surface area contributed by atoms with Crippen LogP contribution in [0.2, 0.25) is 0 Å². The van der Waals surface area contributed by atoms with E-state index in [1.807, 2.05) is 6.92 Å². The molecule has 10 heteroatoms. The lowest BCUT2D eigenvalue weighted by molar-refractivity contribution is -0.154. The molecule has 2 amide bonds. The third-order valence-corrected chi connectivity index (χ3v) is 10.5. The molecule has 0 radical (unpaired) electrons. The van der Waals surface area contributed by atoms with Gasteiger partial charge >= 0.3 is 5.97 Å². The smallest absolute Gasteiger partial charge is 0.310 e. The zero-order valence-corrected chi connectivity index (χ0v) is 23.4. The molecule has 1 N–H and O–H groups in total. The van der Waals surface area contributed by atoms with Gasteiger partial charge in [0.2, 0.25) is 11.8 Å².